The molecule has 1 aliphatic rings. The van der Waals surface area contributed by atoms with E-state index in [1.807, 2.05) is 0 Å². The van der Waals surface area contributed by atoms with Crippen LogP contribution in [-0.4, -0.2) is 44.3 Å². The molecule has 1 unspecified atom stereocenters. The van der Waals surface area contributed by atoms with Gasteiger partial charge in [-0.2, -0.15) is 0 Å². The Labute approximate surface area is 182 Å². The highest BCUT2D eigenvalue weighted by molar-refractivity contribution is 5.44. The predicted molar refractivity (Wildman–Crippen MR) is 125 cm³/mol. The van der Waals surface area contributed by atoms with Crippen molar-refractivity contribution < 1.29 is 9.47 Å². The minimum absolute atomic E-state index is 0.229. The van der Waals surface area contributed by atoms with E-state index < -0.39 is 0 Å². The lowest BCUT2D eigenvalue weighted by molar-refractivity contribution is 0.222. The van der Waals surface area contributed by atoms with Crippen LogP contribution in [0.4, 0.5) is 0 Å². The van der Waals surface area contributed by atoms with Crippen LogP contribution in [0.15, 0.2) is 42.5 Å². The van der Waals surface area contributed by atoms with E-state index >= 15 is 0 Å². The molecule has 164 valence electrons. The van der Waals surface area contributed by atoms with Crippen LogP contribution < -0.4 is 14.8 Å². The maximum atomic E-state index is 6.04. The Morgan fingerprint density at radius 2 is 1.63 bits per heavy atom. The van der Waals surface area contributed by atoms with Crippen molar-refractivity contribution in [2.45, 2.75) is 52.5 Å². The fraction of sp³-hybridized carbons (Fsp3) is 0.538. The summed E-state index contributed by atoms with van der Waals surface area (Å²) < 4.78 is 11.9. The van der Waals surface area contributed by atoms with Crippen LogP contribution in [0.25, 0.3) is 0 Å². The van der Waals surface area contributed by atoms with Gasteiger partial charge in [0.05, 0.1) is 12.6 Å². The number of nitrogens with one attached hydrogen (secondary N) is 1. The van der Waals surface area contributed by atoms with E-state index in [0.29, 0.717) is 0 Å². The van der Waals surface area contributed by atoms with E-state index in [9.17, 15) is 0 Å². The number of ether oxygens (including phenoxy) is 2. The smallest absolute Gasteiger partial charge is 0.119 e. The van der Waals surface area contributed by atoms with Gasteiger partial charge in [-0.25, -0.2) is 0 Å². The lowest BCUT2D eigenvalue weighted by Gasteiger charge is -2.28. The van der Waals surface area contributed by atoms with Crippen molar-refractivity contribution in [2.75, 3.05) is 39.4 Å². The second-order valence-corrected chi connectivity index (χ2v) is 8.00. The standard InChI is InChI=1S/C26H38N2O2/c1-4-7-8-18-29-23-11-9-21(10-12-23)26-25-14-13-24(20-22(25)15-16-27-26)30-19-17-28(5-2)6-3/h9-14,20,26-27H,4-8,15-19H2,1-3H3. The molecule has 0 aliphatic carbocycles. The third-order valence-electron chi connectivity index (χ3n) is 5.97. The van der Waals surface area contributed by atoms with Crippen molar-refractivity contribution in [1.82, 2.24) is 10.2 Å². The molecule has 0 fully saturated rings. The molecule has 0 radical (unpaired) electrons. The first-order chi connectivity index (χ1) is 14.7. The van der Waals surface area contributed by atoms with Crippen molar-refractivity contribution in [2.24, 2.45) is 0 Å². The zero-order chi connectivity index (χ0) is 21.2. The predicted octanol–water partition coefficient (Wildman–Crippen LogP) is 5.21. The summed E-state index contributed by atoms with van der Waals surface area (Å²) in [5.41, 5.74) is 4.03. The van der Waals surface area contributed by atoms with E-state index in [1.54, 1.807) is 0 Å². The molecule has 4 nitrogen and oxygen atoms in total. The lowest BCUT2D eigenvalue weighted by atomic mass is 9.90. The van der Waals surface area contributed by atoms with E-state index in [1.165, 1.54) is 29.5 Å². The van der Waals surface area contributed by atoms with Gasteiger partial charge >= 0.3 is 0 Å². The Kier molecular flexibility index (Phi) is 9.03. The highest BCUT2D eigenvalue weighted by atomic mass is 16.5. The first-order valence-electron chi connectivity index (χ1n) is 11.7. The number of hydrogen-bond acceptors (Lipinski definition) is 4. The fourth-order valence-electron chi connectivity index (χ4n) is 4.06. The van der Waals surface area contributed by atoms with E-state index in [4.69, 9.17) is 9.47 Å². The molecule has 2 aromatic rings. The number of unbranched alkanes of at least 4 members (excludes halogenated alkanes) is 2. The second kappa shape index (κ2) is 12.0. The number of nitrogens with zero attached hydrogens (tertiary/aromatic N) is 1. The zero-order valence-electron chi connectivity index (χ0n) is 19.0. The van der Waals surface area contributed by atoms with Crippen LogP contribution in [0.3, 0.4) is 0 Å². The van der Waals surface area contributed by atoms with Crippen LogP contribution in [0, 0.1) is 0 Å². The van der Waals surface area contributed by atoms with Gasteiger partial charge in [-0.3, -0.25) is 0 Å². The van der Waals surface area contributed by atoms with Gasteiger partial charge in [-0.15, -0.1) is 0 Å². The summed E-state index contributed by atoms with van der Waals surface area (Å²) in [5.74, 6) is 1.94. The zero-order valence-corrected chi connectivity index (χ0v) is 19.0. The normalized spacial score (nSPS) is 15.8. The topological polar surface area (TPSA) is 33.7 Å². The molecule has 0 spiro atoms. The highest BCUT2D eigenvalue weighted by Crippen LogP contribution is 2.32. The molecule has 0 saturated heterocycles. The third-order valence-corrected chi connectivity index (χ3v) is 5.97. The van der Waals surface area contributed by atoms with Gasteiger partial charge in [-0.1, -0.05) is 51.8 Å². The third kappa shape index (κ3) is 6.23. The molecule has 2 aromatic carbocycles. The Hall–Kier alpha value is -2.04. The summed E-state index contributed by atoms with van der Waals surface area (Å²) in [6.45, 7) is 12.2. The Morgan fingerprint density at radius 3 is 2.37 bits per heavy atom. The summed E-state index contributed by atoms with van der Waals surface area (Å²) in [5, 5.41) is 3.68. The van der Waals surface area contributed by atoms with Crippen LogP contribution in [0.1, 0.15) is 62.8 Å². The van der Waals surface area contributed by atoms with Crippen LogP contribution in [-0.2, 0) is 6.42 Å². The average molecular weight is 411 g/mol. The molecule has 3 rings (SSSR count). The molecule has 1 atom stereocenters. The summed E-state index contributed by atoms with van der Waals surface area (Å²) in [4.78, 5) is 2.38. The fourth-order valence-corrected chi connectivity index (χ4v) is 4.06. The van der Waals surface area contributed by atoms with Crippen molar-refractivity contribution in [3.05, 3.63) is 59.2 Å². The first kappa shape index (κ1) is 22.6. The average Bonchev–Trinajstić information content (AvgIpc) is 2.79. The molecule has 1 N–H and O–H groups in total. The maximum Gasteiger partial charge on any atom is 0.119 e. The van der Waals surface area contributed by atoms with Gasteiger partial charge in [-0.05, 0) is 66.9 Å². The molecule has 0 saturated carbocycles. The number of likely N-dealkylation sites (N-methyl/N-ethyl adjacent to an activating group) is 1. The van der Waals surface area contributed by atoms with Gasteiger partial charge in [0.2, 0.25) is 0 Å². The minimum Gasteiger partial charge on any atom is -0.494 e. The Bertz CT molecular complexity index is 756. The molecular formula is C26H38N2O2. The van der Waals surface area contributed by atoms with Gasteiger partial charge in [0, 0.05) is 13.1 Å². The monoisotopic (exact) mass is 410 g/mol. The van der Waals surface area contributed by atoms with Crippen molar-refractivity contribution in [3.63, 3.8) is 0 Å². The molecule has 4 heteroatoms. The van der Waals surface area contributed by atoms with E-state index in [0.717, 1.165) is 63.7 Å². The number of rotatable bonds is 12. The van der Waals surface area contributed by atoms with Gasteiger partial charge in [0.25, 0.3) is 0 Å². The Morgan fingerprint density at radius 1 is 0.900 bits per heavy atom. The van der Waals surface area contributed by atoms with E-state index in [-0.39, 0.29) is 6.04 Å². The minimum atomic E-state index is 0.229. The molecule has 1 heterocycles. The SMILES string of the molecule is CCCCCOc1ccc(C2NCCc3cc(OCCN(CC)CC)ccc32)cc1. The molecule has 0 aromatic heterocycles. The van der Waals surface area contributed by atoms with Crippen molar-refractivity contribution in [1.29, 1.82) is 0 Å². The van der Waals surface area contributed by atoms with Crippen LogP contribution >= 0.6 is 0 Å². The summed E-state index contributed by atoms with van der Waals surface area (Å²) >= 11 is 0. The molecule has 1 aliphatic heterocycles. The summed E-state index contributed by atoms with van der Waals surface area (Å²) in [6, 6.07) is 15.4. The Balaban J connectivity index is 1.61. The molecule has 0 bridgehead atoms. The van der Waals surface area contributed by atoms with Crippen molar-refractivity contribution >= 4 is 0 Å². The van der Waals surface area contributed by atoms with Gasteiger partial charge in [0.1, 0.15) is 18.1 Å². The lowest BCUT2D eigenvalue weighted by Crippen LogP contribution is -2.30. The number of fused-ring (bicyclic) bond motifs is 1. The van der Waals surface area contributed by atoms with Crippen molar-refractivity contribution in [3.8, 4) is 11.5 Å². The summed E-state index contributed by atoms with van der Waals surface area (Å²) in [6.07, 6.45) is 4.60. The molecule has 30 heavy (non-hydrogen) atoms. The first-order valence-corrected chi connectivity index (χ1v) is 11.7. The largest absolute Gasteiger partial charge is 0.494 e. The molecular weight excluding hydrogens is 372 g/mol. The number of hydrogen-bond donors (Lipinski definition) is 1. The number of benzene rings is 2. The van der Waals surface area contributed by atoms with Crippen LogP contribution in [0.5, 0.6) is 11.5 Å². The summed E-state index contributed by atoms with van der Waals surface area (Å²) in [7, 11) is 0. The van der Waals surface area contributed by atoms with E-state index in [2.05, 4.69) is 73.5 Å². The quantitative estimate of drug-likeness (QED) is 0.487. The van der Waals surface area contributed by atoms with Crippen LogP contribution in [0.2, 0.25) is 0 Å². The van der Waals surface area contributed by atoms with Gasteiger partial charge < -0.3 is 19.7 Å². The van der Waals surface area contributed by atoms with Gasteiger partial charge in [0.15, 0.2) is 0 Å². The highest BCUT2D eigenvalue weighted by Gasteiger charge is 2.21. The molecule has 0 amide bonds. The maximum absolute atomic E-state index is 6.04. The second-order valence-electron chi connectivity index (χ2n) is 8.00.